The molecule has 0 bridgehead atoms. The number of hydrogen-bond donors (Lipinski definition) is 2. The van der Waals surface area contributed by atoms with Crippen LogP contribution in [0.15, 0.2) is 36.4 Å². The van der Waals surface area contributed by atoms with Crippen molar-refractivity contribution in [3.63, 3.8) is 0 Å². The Morgan fingerprint density at radius 3 is 2.41 bits per heavy atom. The van der Waals surface area contributed by atoms with Crippen LogP contribution < -0.4 is 5.32 Å². The minimum absolute atomic E-state index is 0.0530. The highest BCUT2D eigenvalue weighted by atomic mass is 35.5. The maximum Gasteiger partial charge on any atom is 0.392 e. The number of nitrogens with one attached hydrogen (secondary N) is 1. The Morgan fingerprint density at radius 2 is 1.76 bits per heavy atom. The Morgan fingerprint density at radius 1 is 1.09 bits per heavy atom. The van der Waals surface area contributed by atoms with E-state index in [1.807, 2.05) is 6.07 Å². The third-order valence-electron chi connectivity index (χ3n) is 7.04. The molecule has 0 spiro atoms. The summed E-state index contributed by atoms with van der Waals surface area (Å²) < 4.78 is 41.3. The monoisotopic (exact) mass is 493 g/mol. The zero-order chi connectivity index (χ0) is 24.6. The van der Waals surface area contributed by atoms with Crippen molar-refractivity contribution in [1.82, 2.24) is 0 Å². The number of hydrogen-bond acceptors (Lipinski definition) is 2. The number of amides is 1. The molecule has 4 nitrogen and oxygen atoms in total. The lowest BCUT2D eigenvalue weighted by molar-refractivity contribution is -0.178. The molecule has 0 aliphatic heterocycles. The van der Waals surface area contributed by atoms with Crippen LogP contribution in [0, 0.1) is 11.8 Å². The lowest BCUT2D eigenvalue weighted by atomic mass is 9.84. The molecular weight excluding hydrogens is 467 g/mol. The van der Waals surface area contributed by atoms with Gasteiger partial charge in [-0.1, -0.05) is 42.8 Å². The van der Waals surface area contributed by atoms with E-state index in [4.69, 9.17) is 11.6 Å². The van der Waals surface area contributed by atoms with Crippen molar-refractivity contribution in [3.8, 4) is 0 Å². The van der Waals surface area contributed by atoms with E-state index in [9.17, 15) is 27.9 Å². The van der Waals surface area contributed by atoms with Crippen molar-refractivity contribution < 1.29 is 27.9 Å². The van der Waals surface area contributed by atoms with Crippen molar-refractivity contribution in [2.45, 2.75) is 63.5 Å². The minimum Gasteiger partial charge on any atom is -0.481 e. The van der Waals surface area contributed by atoms with Crippen LogP contribution in [-0.2, 0) is 22.4 Å². The van der Waals surface area contributed by atoms with Gasteiger partial charge >= 0.3 is 12.1 Å². The molecule has 2 aliphatic carbocycles. The predicted octanol–water partition coefficient (Wildman–Crippen LogP) is 6.72. The zero-order valence-corrected chi connectivity index (χ0v) is 19.5. The van der Waals surface area contributed by atoms with Gasteiger partial charge in [-0.3, -0.25) is 9.59 Å². The molecule has 3 unspecified atom stereocenters. The van der Waals surface area contributed by atoms with E-state index in [2.05, 4.69) is 5.32 Å². The lowest BCUT2D eigenvalue weighted by Crippen LogP contribution is -2.34. The molecule has 2 aliphatic rings. The first-order valence-electron chi connectivity index (χ1n) is 11.5. The first-order chi connectivity index (χ1) is 16.0. The van der Waals surface area contributed by atoms with Crippen molar-refractivity contribution in [2.24, 2.45) is 11.8 Å². The first-order valence-corrected chi connectivity index (χ1v) is 11.9. The van der Waals surface area contributed by atoms with Gasteiger partial charge < -0.3 is 10.4 Å². The number of fused-ring (bicyclic) bond motifs is 1. The second-order valence-electron chi connectivity index (χ2n) is 9.46. The zero-order valence-electron chi connectivity index (χ0n) is 18.8. The third kappa shape index (κ3) is 5.40. The first kappa shape index (κ1) is 24.6. The second kappa shape index (κ2) is 9.61. The molecule has 0 radical (unpaired) electrons. The number of aliphatic carboxylic acids is 1. The van der Waals surface area contributed by atoms with Crippen LogP contribution >= 0.6 is 11.6 Å². The minimum atomic E-state index is -4.56. The van der Waals surface area contributed by atoms with Gasteiger partial charge in [-0.15, -0.1) is 0 Å². The highest BCUT2D eigenvalue weighted by molar-refractivity contribution is 6.33. The number of halogens is 4. The van der Waals surface area contributed by atoms with Crippen molar-refractivity contribution >= 4 is 29.2 Å². The van der Waals surface area contributed by atoms with Crippen LogP contribution in [0.25, 0.3) is 0 Å². The lowest BCUT2D eigenvalue weighted by Gasteiger charge is -2.26. The van der Waals surface area contributed by atoms with E-state index >= 15 is 0 Å². The summed E-state index contributed by atoms with van der Waals surface area (Å²) in [6, 6.07) is 10.0. The summed E-state index contributed by atoms with van der Waals surface area (Å²) in [6.45, 7) is 1.02. The van der Waals surface area contributed by atoms with Crippen LogP contribution in [0.1, 0.15) is 66.7 Å². The number of aryl methyl sites for hydroxylation is 2. The van der Waals surface area contributed by atoms with Crippen molar-refractivity contribution in [3.05, 3.63) is 63.7 Å². The molecule has 4 rings (SSSR count). The van der Waals surface area contributed by atoms with Crippen LogP contribution in [-0.4, -0.2) is 23.2 Å². The normalized spacial score (nSPS) is 18.1. The van der Waals surface area contributed by atoms with E-state index < -0.39 is 29.9 Å². The molecule has 1 amide bonds. The summed E-state index contributed by atoms with van der Waals surface area (Å²) in [5.74, 6) is -5.04. The van der Waals surface area contributed by atoms with Crippen LogP contribution in [0.5, 0.6) is 0 Å². The Kier molecular flexibility index (Phi) is 6.94. The van der Waals surface area contributed by atoms with Crippen molar-refractivity contribution in [2.75, 3.05) is 5.32 Å². The average Bonchev–Trinajstić information content (AvgIpc) is 3.50. The third-order valence-corrected chi connectivity index (χ3v) is 7.37. The Balaban J connectivity index is 1.64. The molecule has 0 aromatic heterocycles. The number of carboxylic acids is 1. The topological polar surface area (TPSA) is 66.4 Å². The fourth-order valence-corrected chi connectivity index (χ4v) is 5.13. The maximum absolute atomic E-state index is 13.8. The molecule has 1 saturated carbocycles. The number of carbonyl (C=O) groups is 2. The summed E-state index contributed by atoms with van der Waals surface area (Å²) >= 11 is 6.29. The van der Waals surface area contributed by atoms with E-state index in [0.717, 1.165) is 50.2 Å². The Labute approximate surface area is 201 Å². The van der Waals surface area contributed by atoms with Crippen molar-refractivity contribution in [1.29, 1.82) is 0 Å². The molecule has 3 atom stereocenters. The number of rotatable bonds is 8. The quantitative estimate of drug-likeness (QED) is 0.429. The number of alkyl halides is 3. The number of benzene rings is 2. The molecular formula is C26H27ClF3NO3. The highest BCUT2D eigenvalue weighted by Gasteiger charge is 2.45. The molecule has 2 N–H and O–H groups in total. The van der Waals surface area contributed by atoms with Gasteiger partial charge in [0.15, 0.2) is 0 Å². The molecule has 8 heteroatoms. The average molecular weight is 494 g/mol. The summed E-state index contributed by atoms with van der Waals surface area (Å²) in [5, 5.41) is 12.1. The number of carbonyl (C=O) groups excluding carboxylic acids is 1. The SMILES string of the molecule is CC(C(C(=O)Nc1cc(C(CC(=O)O)C2CC2)ccc1Cl)c1ccc2c(c1)CCC2)C(F)(F)F. The molecule has 2 aromatic rings. The summed E-state index contributed by atoms with van der Waals surface area (Å²) in [5.41, 5.74) is 3.34. The standard InChI is InChI=1S/C26H27ClF3NO3/c1-14(26(28,29)30)24(19-8-5-15-3-2-4-17(15)11-19)25(34)31-22-12-18(9-10-21(22)27)20(13-23(32)33)16-6-7-16/h5,8-12,14,16,20,24H,2-4,6-7,13H2,1H3,(H,31,34)(H,32,33). The summed E-state index contributed by atoms with van der Waals surface area (Å²) in [4.78, 5) is 24.6. The largest absolute Gasteiger partial charge is 0.481 e. The van der Waals surface area contributed by atoms with Crippen LogP contribution in [0.2, 0.25) is 5.02 Å². The summed E-state index contributed by atoms with van der Waals surface area (Å²) in [7, 11) is 0. The van der Waals surface area contributed by atoms with Gasteiger partial charge in [-0.25, -0.2) is 0 Å². The van der Waals surface area contributed by atoms with Gasteiger partial charge in [0.2, 0.25) is 5.91 Å². The smallest absolute Gasteiger partial charge is 0.392 e. The molecule has 1 fully saturated rings. The summed E-state index contributed by atoms with van der Waals surface area (Å²) in [6.07, 6.45) is -0.142. The van der Waals surface area contributed by atoms with Gasteiger partial charge in [0.1, 0.15) is 0 Å². The van der Waals surface area contributed by atoms with Gasteiger partial charge in [-0.05, 0) is 78.3 Å². The van der Waals surface area contributed by atoms with E-state index in [1.54, 1.807) is 30.3 Å². The van der Waals surface area contributed by atoms with Gasteiger partial charge in [-0.2, -0.15) is 13.2 Å². The molecule has 34 heavy (non-hydrogen) atoms. The van der Waals surface area contributed by atoms with Crippen LogP contribution in [0.3, 0.4) is 0 Å². The molecule has 2 aromatic carbocycles. The Hall–Kier alpha value is -2.54. The number of anilines is 1. The predicted molar refractivity (Wildman–Crippen MR) is 124 cm³/mol. The van der Waals surface area contributed by atoms with E-state index in [-0.39, 0.29) is 29.0 Å². The highest BCUT2D eigenvalue weighted by Crippen LogP contribution is 2.46. The van der Waals surface area contributed by atoms with Crippen LogP contribution in [0.4, 0.5) is 18.9 Å². The van der Waals surface area contributed by atoms with Gasteiger partial charge in [0, 0.05) is 0 Å². The second-order valence-corrected chi connectivity index (χ2v) is 9.87. The fourth-order valence-electron chi connectivity index (χ4n) is 4.96. The molecule has 0 saturated heterocycles. The number of carboxylic acid groups (broad SMARTS) is 1. The molecule has 182 valence electrons. The van der Waals surface area contributed by atoms with E-state index in [0.29, 0.717) is 11.1 Å². The Bertz CT molecular complexity index is 1100. The fraction of sp³-hybridized carbons (Fsp3) is 0.462. The maximum atomic E-state index is 13.8. The molecule has 0 heterocycles. The van der Waals surface area contributed by atoms with Gasteiger partial charge in [0.25, 0.3) is 0 Å². The van der Waals surface area contributed by atoms with E-state index in [1.165, 1.54) is 0 Å². The van der Waals surface area contributed by atoms with Gasteiger partial charge in [0.05, 0.1) is 29.0 Å².